The minimum atomic E-state index is 0. The molecule has 0 aliphatic heterocycles. The van der Waals surface area contributed by atoms with Crippen LogP contribution < -0.4 is 0 Å². The predicted octanol–water partition coefficient (Wildman–Crippen LogP) is 3.75. The first kappa shape index (κ1) is 37.9. The molecule has 0 aromatic heterocycles. The van der Waals surface area contributed by atoms with Crippen LogP contribution in [0.2, 0.25) is 0 Å². The summed E-state index contributed by atoms with van der Waals surface area (Å²) in [6.07, 6.45) is 3.23. The smallest absolute Gasteiger partial charge is 0 e. The van der Waals surface area contributed by atoms with Crippen LogP contribution in [0.15, 0.2) is 0 Å². The average Bonchev–Trinajstić information content (AvgIpc) is 1.75. The molecule has 0 amide bonds. The van der Waals surface area contributed by atoms with Crippen LogP contribution in [0.25, 0.3) is 0 Å². The van der Waals surface area contributed by atoms with E-state index in [1.165, 1.54) is 6.42 Å². The zero-order valence-corrected chi connectivity index (χ0v) is 14.4. The molecular weight excluding hydrogens is 286 g/mol. The number of rotatable bonds is 2. The Bertz CT molecular complexity index is 15.0. The van der Waals surface area contributed by atoms with Crippen molar-refractivity contribution in [3.8, 4) is 0 Å². The second kappa shape index (κ2) is 56.5. The Morgan fingerprint density at radius 3 is 1.00 bits per heavy atom. The fourth-order valence-corrected chi connectivity index (χ4v) is 0.177. The third-order valence-electron chi connectivity index (χ3n) is 0.500. The van der Waals surface area contributed by atoms with Crippen molar-refractivity contribution in [3.63, 3.8) is 0 Å². The molecular formula is C9H22Y2-4. The number of unbranched alkanes of at least 4 members (excludes halogenated alkanes) is 2. The van der Waals surface area contributed by atoms with E-state index in [4.69, 9.17) is 0 Å². The van der Waals surface area contributed by atoms with Gasteiger partial charge < -0.3 is 28.7 Å². The van der Waals surface area contributed by atoms with Crippen LogP contribution in [0.3, 0.4) is 0 Å². The normalized spacial score (nSPS) is 4.36. The summed E-state index contributed by atoms with van der Waals surface area (Å²) < 4.78 is 0. The molecule has 2 heteroatoms. The Balaban J connectivity index is -0.00000000972. The van der Waals surface area contributed by atoms with Gasteiger partial charge in [0.1, 0.15) is 0 Å². The van der Waals surface area contributed by atoms with Crippen LogP contribution in [0.4, 0.5) is 0 Å². The molecule has 2 radical (unpaired) electrons. The maximum absolute atomic E-state index is 3.64. The van der Waals surface area contributed by atoms with E-state index in [0.717, 1.165) is 12.8 Å². The van der Waals surface area contributed by atoms with E-state index in [-0.39, 0.29) is 80.3 Å². The molecule has 0 aliphatic rings. The Kier molecular flexibility index (Phi) is 195. The van der Waals surface area contributed by atoms with Gasteiger partial charge in [-0.3, -0.25) is 0 Å². The molecule has 0 N–H and O–H groups in total. The standard InChI is InChI=1S/C5H10.C2H6.2CH3.2Y/c1-3-5-4-2;1-2;;;;/h1-5H2;1-2H3;2*1H3;;/q-2;;2*-1;;. The van der Waals surface area contributed by atoms with Gasteiger partial charge in [0.15, 0.2) is 0 Å². The fourth-order valence-electron chi connectivity index (χ4n) is 0.177. The SMILES string of the molecule is CC.[CH2-]CCC[CH2-].[CH3-].[CH3-].[Y].[Y]. The molecule has 0 atom stereocenters. The molecule has 0 unspecified atom stereocenters. The van der Waals surface area contributed by atoms with Crippen LogP contribution in [0.1, 0.15) is 33.1 Å². The van der Waals surface area contributed by atoms with E-state index < -0.39 is 0 Å². The molecule has 0 aliphatic carbocycles. The molecule has 0 bridgehead atoms. The van der Waals surface area contributed by atoms with E-state index in [1.807, 2.05) is 13.8 Å². The van der Waals surface area contributed by atoms with Crippen LogP contribution in [0.5, 0.6) is 0 Å². The van der Waals surface area contributed by atoms with E-state index in [0.29, 0.717) is 0 Å². The summed E-state index contributed by atoms with van der Waals surface area (Å²) in [5.74, 6) is 0. The van der Waals surface area contributed by atoms with Gasteiger partial charge in [-0.1, -0.05) is 13.8 Å². The molecule has 0 fully saturated rings. The van der Waals surface area contributed by atoms with Crippen LogP contribution in [-0.2, 0) is 65.4 Å². The summed E-state index contributed by atoms with van der Waals surface area (Å²) >= 11 is 0. The molecule has 0 aromatic carbocycles. The average molecular weight is 308 g/mol. The number of hydrogen-bond donors (Lipinski definition) is 0. The Morgan fingerprint density at radius 2 is 1.00 bits per heavy atom. The molecule has 0 saturated heterocycles. The van der Waals surface area contributed by atoms with Crippen molar-refractivity contribution in [1.29, 1.82) is 0 Å². The minimum Gasteiger partial charge on any atom is -0.358 e. The van der Waals surface area contributed by atoms with Crippen molar-refractivity contribution >= 4 is 0 Å². The second-order valence-corrected chi connectivity index (χ2v) is 1.06. The van der Waals surface area contributed by atoms with Crippen molar-refractivity contribution in [1.82, 2.24) is 0 Å². The Morgan fingerprint density at radius 1 is 0.818 bits per heavy atom. The summed E-state index contributed by atoms with van der Waals surface area (Å²) in [5, 5.41) is 0. The van der Waals surface area contributed by atoms with Gasteiger partial charge >= 0.3 is 0 Å². The zero-order chi connectivity index (χ0) is 6.12. The van der Waals surface area contributed by atoms with Gasteiger partial charge in [-0.05, 0) is 0 Å². The quantitative estimate of drug-likeness (QED) is 0.682. The molecule has 68 valence electrons. The molecule has 0 nitrogen and oxygen atoms in total. The third-order valence-corrected chi connectivity index (χ3v) is 0.500. The van der Waals surface area contributed by atoms with Crippen molar-refractivity contribution in [2.45, 2.75) is 33.1 Å². The zero-order valence-electron chi connectivity index (χ0n) is 8.69. The first-order valence-corrected chi connectivity index (χ1v) is 3.00. The van der Waals surface area contributed by atoms with Crippen molar-refractivity contribution in [2.75, 3.05) is 0 Å². The third kappa shape index (κ3) is 71.8. The van der Waals surface area contributed by atoms with Crippen LogP contribution >= 0.6 is 0 Å². The summed E-state index contributed by atoms with van der Waals surface area (Å²) in [6.45, 7) is 11.3. The number of hydrogen-bond acceptors (Lipinski definition) is 0. The Labute approximate surface area is 125 Å². The Hall–Kier alpha value is 2.21. The van der Waals surface area contributed by atoms with Crippen molar-refractivity contribution < 1.29 is 65.4 Å². The van der Waals surface area contributed by atoms with E-state index >= 15 is 0 Å². The molecule has 0 rings (SSSR count). The molecule has 0 aromatic rings. The molecule has 0 saturated carbocycles. The molecule has 0 heterocycles. The summed E-state index contributed by atoms with van der Waals surface area (Å²) in [6, 6.07) is 0. The van der Waals surface area contributed by atoms with Gasteiger partial charge in [0, 0.05) is 65.4 Å². The summed E-state index contributed by atoms with van der Waals surface area (Å²) in [5.41, 5.74) is 0. The predicted molar refractivity (Wildman–Crippen MR) is 48.7 cm³/mol. The van der Waals surface area contributed by atoms with Crippen molar-refractivity contribution in [2.24, 2.45) is 0 Å². The van der Waals surface area contributed by atoms with Crippen LogP contribution in [-0.4, -0.2) is 0 Å². The van der Waals surface area contributed by atoms with Gasteiger partial charge in [-0.25, -0.2) is 0 Å². The first-order chi connectivity index (χ1) is 3.41. The largest absolute Gasteiger partial charge is 0.358 e. The van der Waals surface area contributed by atoms with Crippen molar-refractivity contribution in [3.05, 3.63) is 28.7 Å². The second-order valence-electron chi connectivity index (χ2n) is 1.06. The van der Waals surface area contributed by atoms with Crippen LogP contribution in [0, 0.1) is 28.7 Å². The first-order valence-electron chi connectivity index (χ1n) is 3.00. The molecule has 0 spiro atoms. The maximum Gasteiger partial charge on any atom is 0 e. The van der Waals surface area contributed by atoms with E-state index in [1.54, 1.807) is 0 Å². The fraction of sp³-hybridized carbons (Fsp3) is 0.556. The van der Waals surface area contributed by atoms with Gasteiger partial charge in [0.05, 0.1) is 0 Å². The van der Waals surface area contributed by atoms with Gasteiger partial charge in [0.25, 0.3) is 0 Å². The van der Waals surface area contributed by atoms with E-state index in [9.17, 15) is 0 Å². The topological polar surface area (TPSA) is 0 Å². The molecule has 11 heavy (non-hydrogen) atoms. The minimum absolute atomic E-state index is 0. The van der Waals surface area contributed by atoms with Gasteiger partial charge in [-0.2, -0.15) is 12.8 Å². The maximum atomic E-state index is 3.64. The summed E-state index contributed by atoms with van der Waals surface area (Å²) in [4.78, 5) is 0. The van der Waals surface area contributed by atoms with Gasteiger partial charge in [0.2, 0.25) is 0 Å². The van der Waals surface area contributed by atoms with Gasteiger partial charge in [-0.15, -0.1) is 6.42 Å². The monoisotopic (exact) mass is 308 g/mol. The van der Waals surface area contributed by atoms with E-state index in [2.05, 4.69) is 13.8 Å². The summed E-state index contributed by atoms with van der Waals surface area (Å²) in [7, 11) is 0.